The van der Waals surface area contributed by atoms with Crippen molar-refractivity contribution >= 4 is 39.4 Å². The van der Waals surface area contributed by atoms with Gasteiger partial charge in [0.05, 0.1) is 22.9 Å². The molecule has 11 heteroatoms. The molecule has 0 unspecified atom stereocenters. The van der Waals surface area contributed by atoms with Gasteiger partial charge in [0.1, 0.15) is 22.5 Å². The van der Waals surface area contributed by atoms with Crippen LogP contribution in [0.15, 0.2) is 61.2 Å². The van der Waals surface area contributed by atoms with E-state index in [1.54, 1.807) is 48.2 Å². The predicted molar refractivity (Wildman–Crippen MR) is 133 cm³/mol. The molecular weight excluding hydrogens is 494 g/mol. The molecule has 4 atom stereocenters. The van der Waals surface area contributed by atoms with Crippen LogP contribution in [0.3, 0.4) is 0 Å². The second-order valence-corrected chi connectivity index (χ2v) is 10.3. The highest BCUT2D eigenvalue weighted by Crippen LogP contribution is 2.51. The highest BCUT2D eigenvalue weighted by atomic mass is 32.1. The summed E-state index contributed by atoms with van der Waals surface area (Å²) in [5.74, 6) is -2.85. The minimum absolute atomic E-state index is 0.0712. The molecule has 0 radical (unpaired) electrons. The molecule has 0 saturated carbocycles. The Labute approximate surface area is 214 Å². The summed E-state index contributed by atoms with van der Waals surface area (Å²) in [4.78, 5) is 53.5. The molecule has 1 fully saturated rings. The Hall–Kier alpha value is -4.22. The molecule has 4 aromatic heterocycles. The summed E-state index contributed by atoms with van der Waals surface area (Å²) in [6, 6.07) is 5.00. The van der Waals surface area contributed by atoms with E-state index in [1.807, 2.05) is 13.0 Å². The summed E-state index contributed by atoms with van der Waals surface area (Å²) in [5.41, 5.74) is 2.62. The number of aliphatic carboxylic acids is 1. The second-order valence-electron chi connectivity index (χ2n) is 9.26. The van der Waals surface area contributed by atoms with Crippen molar-refractivity contribution in [1.29, 1.82) is 0 Å². The normalized spacial score (nSPS) is 21.8. The average molecular weight is 516 g/mol. The van der Waals surface area contributed by atoms with Gasteiger partial charge in [-0.05, 0) is 19.1 Å². The molecule has 37 heavy (non-hydrogen) atoms. The predicted octanol–water partition coefficient (Wildman–Crippen LogP) is 2.74. The van der Waals surface area contributed by atoms with Gasteiger partial charge in [0.15, 0.2) is 0 Å². The van der Waals surface area contributed by atoms with Crippen LogP contribution in [0.4, 0.5) is 0 Å². The van der Waals surface area contributed by atoms with E-state index in [0.717, 1.165) is 11.1 Å². The quantitative estimate of drug-likeness (QED) is 0.295. The first-order valence-electron chi connectivity index (χ1n) is 11.6. The molecule has 0 aliphatic carbocycles. The number of nitrogens with zero attached hydrogens (tertiary/aromatic N) is 5. The lowest BCUT2D eigenvalue weighted by Gasteiger charge is -2.46. The van der Waals surface area contributed by atoms with Crippen molar-refractivity contribution in [3.05, 3.63) is 77.3 Å². The van der Waals surface area contributed by atoms with Crippen molar-refractivity contribution in [3.63, 3.8) is 0 Å². The number of carbonyl (C=O) groups is 3. The van der Waals surface area contributed by atoms with Gasteiger partial charge in [-0.25, -0.2) is 9.78 Å². The molecule has 0 bridgehead atoms. The van der Waals surface area contributed by atoms with E-state index in [9.17, 15) is 24.6 Å². The first-order chi connectivity index (χ1) is 17.8. The van der Waals surface area contributed by atoms with Gasteiger partial charge in [-0.2, -0.15) is 0 Å². The van der Waals surface area contributed by atoms with Gasteiger partial charge < -0.3 is 15.1 Å². The van der Waals surface area contributed by atoms with Crippen molar-refractivity contribution < 1.29 is 24.6 Å². The fourth-order valence-electron chi connectivity index (χ4n) is 5.37. The number of carbonyl (C=O) groups excluding carboxylic acids is 2. The van der Waals surface area contributed by atoms with Crippen LogP contribution in [-0.2, 0) is 9.59 Å². The van der Waals surface area contributed by atoms with E-state index < -0.39 is 24.0 Å². The Kier molecular flexibility index (Phi) is 5.28. The van der Waals surface area contributed by atoms with Crippen molar-refractivity contribution in [2.45, 2.75) is 26.0 Å². The maximum Gasteiger partial charge on any atom is 0.352 e. The number of hydrogen-bond acceptors (Lipinski definition) is 8. The SMILES string of the molecule is C[C@@H](O)[C@H]1C(=O)N2C(C(=O)O)=C(c3cn4cnc(C(=O)c5cncc(-c6cccnc6)c5)c4s3)[C@H](C)[C@H]12. The molecule has 4 aromatic rings. The lowest BCUT2D eigenvalue weighted by atomic mass is 9.77. The fraction of sp³-hybridized carbons (Fsp3) is 0.231. The van der Waals surface area contributed by atoms with Gasteiger partial charge in [-0.3, -0.25) is 24.0 Å². The van der Waals surface area contributed by atoms with Crippen molar-refractivity contribution in [2.75, 3.05) is 0 Å². The van der Waals surface area contributed by atoms with Crippen LogP contribution in [0.5, 0.6) is 0 Å². The van der Waals surface area contributed by atoms with E-state index in [2.05, 4.69) is 15.0 Å². The molecule has 6 rings (SSSR count). The van der Waals surface area contributed by atoms with Crippen LogP contribution >= 0.6 is 11.3 Å². The lowest BCUT2D eigenvalue weighted by Crippen LogP contribution is -2.63. The molecule has 1 amide bonds. The van der Waals surface area contributed by atoms with Crippen LogP contribution in [0.1, 0.15) is 34.8 Å². The molecule has 10 nitrogen and oxygen atoms in total. The van der Waals surface area contributed by atoms with Gasteiger partial charge in [0.2, 0.25) is 11.7 Å². The molecule has 6 heterocycles. The van der Waals surface area contributed by atoms with Crippen LogP contribution < -0.4 is 0 Å². The minimum atomic E-state index is -1.20. The monoisotopic (exact) mass is 515 g/mol. The summed E-state index contributed by atoms with van der Waals surface area (Å²) in [7, 11) is 0. The van der Waals surface area contributed by atoms with E-state index >= 15 is 0 Å². The van der Waals surface area contributed by atoms with Gasteiger partial charge in [0, 0.05) is 59.2 Å². The average Bonchev–Trinajstić information content (AvgIpc) is 3.54. The third kappa shape index (κ3) is 3.42. The Bertz CT molecular complexity index is 1620. The summed E-state index contributed by atoms with van der Waals surface area (Å²) in [6.07, 6.45) is 8.87. The van der Waals surface area contributed by atoms with E-state index in [-0.39, 0.29) is 29.0 Å². The molecule has 2 N–H and O–H groups in total. The summed E-state index contributed by atoms with van der Waals surface area (Å²) < 4.78 is 1.69. The van der Waals surface area contributed by atoms with E-state index in [4.69, 9.17) is 0 Å². The van der Waals surface area contributed by atoms with E-state index in [1.165, 1.54) is 28.8 Å². The van der Waals surface area contributed by atoms with Gasteiger partial charge in [0.25, 0.3) is 0 Å². The Morgan fingerprint density at radius 2 is 1.95 bits per heavy atom. The zero-order chi connectivity index (χ0) is 26.0. The van der Waals surface area contributed by atoms with Gasteiger partial charge >= 0.3 is 5.97 Å². The number of thiazole rings is 1. The fourth-order valence-corrected chi connectivity index (χ4v) is 6.58. The summed E-state index contributed by atoms with van der Waals surface area (Å²) in [5, 5.41) is 20.1. The first kappa shape index (κ1) is 23.2. The standard InChI is InChI=1S/C26H21N5O5S/c1-12-18(22(26(35)36)31-21(12)19(13(2)32)24(31)34)17-10-30-11-29-20(25(30)37-17)23(33)16-6-15(8-28-9-16)14-4-3-5-27-7-14/h3-13,19,21,32H,1-2H3,(H,35,36)/t12-,13+,19+,21+/m0/s1. The Balaban J connectivity index is 1.39. The number of pyridine rings is 2. The molecular formula is C26H21N5O5S. The topological polar surface area (TPSA) is 138 Å². The largest absolute Gasteiger partial charge is 0.477 e. The maximum atomic E-state index is 13.4. The molecule has 0 spiro atoms. The number of imidazole rings is 1. The number of fused-ring (bicyclic) bond motifs is 2. The van der Waals surface area contributed by atoms with E-state index in [0.29, 0.717) is 20.8 Å². The van der Waals surface area contributed by atoms with Crippen LogP contribution in [0.25, 0.3) is 21.5 Å². The number of amides is 1. The third-order valence-corrected chi connectivity index (χ3v) is 8.20. The highest BCUT2D eigenvalue weighted by molar-refractivity contribution is 7.18. The Morgan fingerprint density at radius 1 is 1.16 bits per heavy atom. The minimum Gasteiger partial charge on any atom is -0.477 e. The number of rotatable bonds is 6. The number of aliphatic hydroxyl groups is 1. The summed E-state index contributed by atoms with van der Waals surface area (Å²) in [6.45, 7) is 3.40. The summed E-state index contributed by atoms with van der Waals surface area (Å²) >= 11 is 1.25. The number of β-lactam (4-membered cyclic amide) rings is 1. The second kappa shape index (κ2) is 8.43. The number of carboxylic acids is 1. The molecule has 2 aliphatic heterocycles. The van der Waals surface area contributed by atoms with Crippen molar-refractivity contribution in [2.24, 2.45) is 11.8 Å². The number of carboxylic acid groups (broad SMARTS) is 1. The zero-order valence-electron chi connectivity index (χ0n) is 19.8. The first-order valence-corrected chi connectivity index (χ1v) is 12.4. The molecule has 2 aliphatic rings. The van der Waals surface area contributed by atoms with Crippen molar-refractivity contribution in [3.8, 4) is 11.1 Å². The molecule has 186 valence electrons. The van der Waals surface area contributed by atoms with Crippen LogP contribution in [0.2, 0.25) is 0 Å². The number of aromatic nitrogens is 4. The van der Waals surface area contributed by atoms with Crippen molar-refractivity contribution in [1.82, 2.24) is 24.3 Å². The maximum absolute atomic E-state index is 13.4. The van der Waals surface area contributed by atoms with Crippen LogP contribution in [-0.4, -0.2) is 64.3 Å². The third-order valence-electron chi connectivity index (χ3n) is 7.06. The van der Waals surface area contributed by atoms with Gasteiger partial charge in [-0.15, -0.1) is 11.3 Å². The number of hydrogen-bond donors (Lipinski definition) is 2. The molecule has 0 aromatic carbocycles. The molecule has 1 saturated heterocycles. The highest BCUT2D eigenvalue weighted by Gasteiger charge is 2.60. The van der Waals surface area contributed by atoms with Crippen LogP contribution in [0, 0.1) is 11.8 Å². The lowest BCUT2D eigenvalue weighted by molar-refractivity contribution is -0.163. The smallest absolute Gasteiger partial charge is 0.352 e. The number of ketones is 1. The zero-order valence-corrected chi connectivity index (χ0v) is 20.6. The number of aliphatic hydroxyl groups excluding tert-OH is 1. The van der Waals surface area contributed by atoms with Gasteiger partial charge in [-0.1, -0.05) is 13.0 Å². The Morgan fingerprint density at radius 3 is 2.65 bits per heavy atom.